The zero-order chi connectivity index (χ0) is 17.7. The molecule has 138 valence electrons. The van der Waals surface area contributed by atoms with Crippen LogP contribution < -0.4 is 9.57 Å². The maximum absolute atomic E-state index is 6.74. The van der Waals surface area contributed by atoms with Crippen molar-refractivity contribution in [1.29, 1.82) is 0 Å². The average Bonchev–Trinajstić information content (AvgIpc) is 3.32. The molecular formula is C21H29N3PS+. The van der Waals surface area contributed by atoms with Crippen molar-refractivity contribution in [1.82, 2.24) is 4.67 Å². The SMILES string of the molecule is C[NH+]1CCN([P@@]2(=S)C3=C(CCC3)C3=C(CCC3)N2c2ccccc2)CC1. The van der Waals surface area contributed by atoms with Crippen LogP contribution in [0.25, 0.3) is 0 Å². The number of hydrogen-bond donors (Lipinski definition) is 1. The Bertz CT molecular complexity index is 821. The molecule has 0 unspecified atom stereocenters. The first-order valence-corrected chi connectivity index (χ1v) is 12.9. The highest BCUT2D eigenvalue weighted by molar-refractivity contribution is 8.16. The Labute approximate surface area is 162 Å². The van der Waals surface area contributed by atoms with Crippen LogP contribution in [0.1, 0.15) is 38.5 Å². The van der Waals surface area contributed by atoms with Gasteiger partial charge in [0.05, 0.1) is 33.2 Å². The van der Waals surface area contributed by atoms with Crippen molar-refractivity contribution < 1.29 is 4.90 Å². The molecule has 0 bridgehead atoms. The van der Waals surface area contributed by atoms with Crippen LogP contribution in [0.5, 0.6) is 0 Å². The van der Waals surface area contributed by atoms with Gasteiger partial charge in [-0.15, -0.1) is 0 Å². The number of nitrogens with one attached hydrogen (secondary N) is 1. The van der Waals surface area contributed by atoms with Crippen LogP contribution in [0, 0.1) is 0 Å². The predicted octanol–water partition coefficient (Wildman–Crippen LogP) is 3.52. The van der Waals surface area contributed by atoms with Gasteiger partial charge < -0.3 is 9.57 Å². The van der Waals surface area contributed by atoms with E-state index in [1.54, 1.807) is 27.1 Å². The molecule has 0 saturated carbocycles. The molecule has 0 aromatic heterocycles. The Hall–Kier alpha value is -0.930. The number of fused-ring (bicyclic) bond motifs is 1. The summed E-state index contributed by atoms with van der Waals surface area (Å²) in [6.07, 6.45) is 5.66. The maximum atomic E-state index is 6.74. The number of benzene rings is 1. The fraction of sp³-hybridized carbons (Fsp3) is 0.524. The lowest BCUT2D eigenvalue weighted by Gasteiger charge is -2.49. The number of hydrogen-bond acceptors (Lipinski definition) is 1. The van der Waals surface area contributed by atoms with Crippen LogP contribution in [0.15, 0.2) is 52.5 Å². The summed E-state index contributed by atoms with van der Waals surface area (Å²) in [6.45, 7) is 4.72. The summed E-state index contributed by atoms with van der Waals surface area (Å²) >= 11 is 6.74. The summed E-state index contributed by atoms with van der Waals surface area (Å²) in [7, 11) is 2.32. The number of para-hydroxylation sites is 1. The molecule has 2 aliphatic carbocycles. The molecular weight excluding hydrogens is 357 g/mol. The van der Waals surface area contributed by atoms with E-state index in [1.807, 2.05) is 0 Å². The van der Waals surface area contributed by atoms with E-state index in [4.69, 9.17) is 11.8 Å². The Morgan fingerprint density at radius 2 is 1.62 bits per heavy atom. The first-order chi connectivity index (χ1) is 12.7. The van der Waals surface area contributed by atoms with Gasteiger partial charge in [0, 0.05) is 11.4 Å². The lowest BCUT2D eigenvalue weighted by atomic mass is 10.0. The Morgan fingerprint density at radius 1 is 0.923 bits per heavy atom. The van der Waals surface area contributed by atoms with Crippen molar-refractivity contribution in [2.75, 3.05) is 37.9 Å². The Balaban J connectivity index is 1.68. The van der Waals surface area contributed by atoms with Gasteiger partial charge in [-0.3, -0.25) is 0 Å². The largest absolute Gasteiger partial charge is 0.335 e. The number of nitrogens with zero attached hydrogens (tertiary/aromatic N) is 2. The molecule has 4 aliphatic rings. The first kappa shape index (κ1) is 17.2. The third-order valence-electron chi connectivity index (χ3n) is 6.60. The highest BCUT2D eigenvalue weighted by Gasteiger charge is 2.47. The minimum atomic E-state index is -1.91. The molecule has 1 fully saturated rings. The molecule has 5 heteroatoms. The smallest absolute Gasteiger partial charge is 0.131 e. The molecule has 3 nitrogen and oxygen atoms in total. The maximum Gasteiger partial charge on any atom is 0.131 e. The van der Waals surface area contributed by atoms with Gasteiger partial charge in [0.15, 0.2) is 0 Å². The third kappa shape index (κ3) is 2.50. The minimum Gasteiger partial charge on any atom is -0.335 e. The molecule has 1 saturated heterocycles. The Morgan fingerprint density at radius 3 is 2.38 bits per heavy atom. The topological polar surface area (TPSA) is 10.9 Å². The van der Waals surface area contributed by atoms with Crippen LogP contribution >= 0.6 is 6.34 Å². The summed E-state index contributed by atoms with van der Waals surface area (Å²) in [6, 6.07) is 11.0. The van der Waals surface area contributed by atoms with Crippen molar-refractivity contribution in [3.05, 3.63) is 52.5 Å². The van der Waals surface area contributed by atoms with Gasteiger partial charge in [0.25, 0.3) is 0 Å². The van der Waals surface area contributed by atoms with Gasteiger partial charge in [-0.1, -0.05) is 30.0 Å². The summed E-state index contributed by atoms with van der Waals surface area (Å²) in [5.41, 5.74) is 6.27. The summed E-state index contributed by atoms with van der Waals surface area (Å²) in [5, 5.41) is 1.66. The third-order valence-corrected chi connectivity index (χ3v) is 11.8. The lowest BCUT2D eigenvalue weighted by Crippen LogP contribution is -3.11. The molecule has 2 heterocycles. The lowest BCUT2D eigenvalue weighted by molar-refractivity contribution is -0.883. The van der Waals surface area contributed by atoms with Crippen molar-refractivity contribution in [3.63, 3.8) is 0 Å². The van der Waals surface area contributed by atoms with E-state index in [-0.39, 0.29) is 0 Å². The number of anilines is 1. The molecule has 2 aliphatic heterocycles. The van der Waals surface area contributed by atoms with Gasteiger partial charge >= 0.3 is 0 Å². The standard InChI is InChI=1S/C21H28N3PS/c1-22-13-15-23(16-14-22)25(26)21-12-6-10-19(21)18-9-5-11-20(18)24(25)17-7-3-2-4-8-17/h2-4,7-8H,5-6,9-16H2,1H3/p+1/t25-/m0/s1. The minimum absolute atomic E-state index is 1.14. The van der Waals surface area contributed by atoms with Crippen molar-refractivity contribution in [3.8, 4) is 0 Å². The molecule has 5 rings (SSSR count). The van der Waals surface area contributed by atoms with E-state index in [2.05, 4.69) is 46.7 Å². The van der Waals surface area contributed by atoms with Crippen molar-refractivity contribution in [2.45, 2.75) is 38.5 Å². The summed E-state index contributed by atoms with van der Waals surface area (Å²) in [4.78, 5) is 1.65. The molecule has 1 aromatic rings. The van der Waals surface area contributed by atoms with Gasteiger partial charge in [0.1, 0.15) is 6.34 Å². The summed E-state index contributed by atoms with van der Waals surface area (Å²) < 4.78 is 5.40. The molecule has 0 radical (unpaired) electrons. The number of rotatable bonds is 2. The van der Waals surface area contributed by atoms with E-state index in [9.17, 15) is 0 Å². The van der Waals surface area contributed by atoms with Crippen molar-refractivity contribution >= 4 is 23.8 Å². The molecule has 0 amide bonds. The van der Waals surface area contributed by atoms with E-state index >= 15 is 0 Å². The van der Waals surface area contributed by atoms with Gasteiger partial charge in [-0.25, -0.2) is 4.67 Å². The van der Waals surface area contributed by atoms with E-state index in [0.717, 1.165) is 13.1 Å². The average molecular weight is 387 g/mol. The second-order valence-electron chi connectivity index (χ2n) is 8.16. The zero-order valence-electron chi connectivity index (χ0n) is 15.7. The molecule has 1 N–H and O–H groups in total. The van der Waals surface area contributed by atoms with Gasteiger partial charge in [-0.2, -0.15) is 0 Å². The van der Waals surface area contributed by atoms with Crippen LogP contribution in [-0.2, 0) is 11.8 Å². The molecule has 0 spiro atoms. The van der Waals surface area contributed by atoms with Crippen LogP contribution in [0.2, 0.25) is 0 Å². The molecule has 1 aromatic carbocycles. The normalized spacial score (nSPS) is 30.1. The highest BCUT2D eigenvalue weighted by Crippen LogP contribution is 2.71. The highest BCUT2D eigenvalue weighted by atomic mass is 32.4. The monoisotopic (exact) mass is 386 g/mol. The number of likely N-dealkylation sites (N-methyl/N-ethyl adjacent to an activating group) is 1. The second kappa shape index (κ2) is 6.60. The second-order valence-corrected chi connectivity index (χ2v) is 12.3. The first-order valence-electron chi connectivity index (χ1n) is 10.2. The molecule has 26 heavy (non-hydrogen) atoms. The van der Waals surface area contributed by atoms with Gasteiger partial charge in [0.2, 0.25) is 0 Å². The fourth-order valence-corrected chi connectivity index (χ4v) is 10.6. The van der Waals surface area contributed by atoms with E-state index < -0.39 is 6.34 Å². The quantitative estimate of drug-likeness (QED) is 0.781. The van der Waals surface area contributed by atoms with E-state index in [0.29, 0.717) is 0 Å². The number of allylic oxidation sites excluding steroid dienone is 4. The fourth-order valence-electron chi connectivity index (χ4n) is 5.27. The van der Waals surface area contributed by atoms with Crippen LogP contribution in [0.3, 0.4) is 0 Å². The van der Waals surface area contributed by atoms with Crippen LogP contribution in [0.4, 0.5) is 5.69 Å². The van der Waals surface area contributed by atoms with Crippen LogP contribution in [-0.4, -0.2) is 37.9 Å². The number of piperazine rings is 1. The van der Waals surface area contributed by atoms with Crippen molar-refractivity contribution in [2.24, 2.45) is 0 Å². The summed E-state index contributed by atoms with van der Waals surface area (Å²) in [5.74, 6) is 0. The van der Waals surface area contributed by atoms with Gasteiger partial charge in [-0.05, 0) is 67.1 Å². The zero-order valence-corrected chi connectivity index (χ0v) is 17.4. The predicted molar refractivity (Wildman–Crippen MR) is 113 cm³/mol. The number of quaternary nitrogens is 1. The Kier molecular flexibility index (Phi) is 4.36. The van der Waals surface area contributed by atoms with E-state index in [1.165, 1.54) is 57.3 Å². The molecule has 1 atom stereocenters.